The highest BCUT2D eigenvalue weighted by Gasteiger charge is 2.57. The van der Waals surface area contributed by atoms with Crippen molar-refractivity contribution in [3.05, 3.63) is 29.8 Å². The number of carbonyl (C=O) groups is 1. The van der Waals surface area contributed by atoms with E-state index in [-0.39, 0.29) is 13.0 Å². The van der Waals surface area contributed by atoms with E-state index >= 15 is 0 Å². The first-order chi connectivity index (χ1) is 7.12. The van der Waals surface area contributed by atoms with Gasteiger partial charge in [0.15, 0.2) is 0 Å². The van der Waals surface area contributed by atoms with Crippen molar-refractivity contribution in [3.8, 4) is 5.75 Å². The number of hydrogen-bond acceptors (Lipinski definition) is 2. The van der Waals surface area contributed by atoms with Crippen LogP contribution >= 0.6 is 0 Å². The van der Waals surface area contributed by atoms with Crippen LogP contribution in [0.5, 0.6) is 5.75 Å². The number of ether oxygens (including phenoxy) is 1. The van der Waals surface area contributed by atoms with Gasteiger partial charge >= 0.3 is 0 Å². The zero-order valence-corrected chi connectivity index (χ0v) is 7.95. The molecule has 15 heavy (non-hydrogen) atoms. The lowest BCUT2D eigenvalue weighted by molar-refractivity contribution is 0.0855. The van der Waals surface area contributed by atoms with Crippen LogP contribution in [0.25, 0.3) is 0 Å². The maximum atomic E-state index is 12.5. The van der Waals surface area contributed by atoms with Gasteiger partial charge in [0.1, 0.15) is 12.0 Å². The zero-order valence-electron chi connectivity index (χ0n) is 7.95. The third-order valence-corrected chi connectivity index (χ3v) is 2.40. The first-order valence-corrected chi connectivity index (χ1v) is 4.68. The molecule has 1 fully saturated rings. The lowest BCUT2D eigenvalue weighted by atomic mass is 10.2. The quantitative estimate of drug-likeness (QED) is 0.717. The Morgan fingerprint density at radius 2 is 2.27 bits per heavy atom. The average molecular weight is 212 g/mol. The fourth-order valence-electron chi connectivity index (χ4n) is 1.32. The van der Waals surface area contributed by atoms with Gasteiger partial charge in [0.25, 0.3) is 5.92 Å². The molecule has 80 valence electrons. The largest absolute Gasteiger partial charge is 0.493 e. The Labute approximate surface area is 85.9 Å². The Bertz CT molecular complexity index is 377. The third-order valence-electron chi connectivity index (χ3n) is 2.40. The summed E-state index contributed by atoms with van der Waals surface area (Å²) in [6.07, 6.45) is 0.596. The highest BCUT2D eigenvalue weighted by molar-refractivity contribution is 5.75. The van der Waals surface area contributed by atoms with Gasteiger partial charge in [-0.1, -0.05) is 12.1 Å². The van der Waals surface area contributed by atoms with Crippen molar-refractivity contribution in [2.45, 2.75) is 12.3 Å². The number of hydrogen-bond donors (Lipinski definition) is 0. The van der Waals surface area contributed by atoms with Crippen LogP contribution in [0.3, 0.4) is 0 Å². The summed E-state index contributed by atoms with van der Waals surface area (Å²) in [5.74, 6) is -2.76. The molecule has 1 unspecified atom stereocenters. The van der Waals surface area contributed by atoms with Gasteiger partial charge in [-0.25, -0.2) is 8.78 Å². The van der Waals surface area contributed by atoms with Gasteiger partial charge in [-0.15, -0.1) is 0 Å². The van der Waals surface area contributed by atoms with Crippen molar-refractivity contribution >= 4 is 6.29 Å². The summed E-state index contributed by atoms with van der Waals surface area (Å²) in [5.41, 5.74) is 0.482. The molecule has 0 saturated heterocycles. The normalized spacial score (nSPS) is 22.1. The van der Waals surface area contributed by atoms with Crippen molar-refractivity contribution in [3.63, 3.8) is 0 Å². The standard InChI is InChI=1S/C11H10F2O2/c12-11(13)5-9(11)7-15-10-3-1-2-8(4-10)6-14/h1-4,6,9H,5,7H2. The topological polar surface area (TPSA) is 26.3 Å². The number of aldehydes is 1. The molecule has 1 aromatic rings. The molecule has 4 heteroatoms. The fourth-order valence-corrected chi connectivity index (χ4v) is 1.32. The molecular weight excluding hydrogens is 202 g/mol. The Kier molecular flexibility index (Phi) is 2.42. The van der Waals surface area contributed by atoms with Gasteiger partial charge in [-0.05, 0) is 12.1 Å². The molecule has 0 heterocycles. The molecule has 1 aromatic carbocycles. The van der Waals surface area contributed by atoms with Gasteiger partial charge < -0.3 is 4.74 Å². The minimum Gasteiger partial charge on any atom is -0.493 e. The monoisotopic (exact) mass is 212 g/mol. The Morgan fingerprint density at radius 3 is 2.87 bits per heavy atom. The summed E-state index contributed by atoms with van der Waals surface area (Å²) in [6, 6.07) is 6.47. The lowest BCUT2D eigenvalue weighted by Crippen LogP contribution is -2.05. The number of benzene rings is 1. The van der Waals surface area contributed by atoms with E-state index in [1.54, 1.807) is 18.2 Å². The van der Waals surface area contributed by atoms with Crippen LogP contribution in [0, 0.1) is 5.92 Å². The van der Waals surface area contributed by atoms with Gasteiger partial charge in [-0.3, -0.25) is 4.79 Å². The van der Waals surface area contributed by atoms with Crippen LogP contribution in [0.4, 0.5) is 8.78 Å². The molecule has 2 nitrogen and oxygen atoms in total. The van der Waals surface area contributed by atoms with E-state index in [1.165, 1.54) is 6.07 Å². The predicted octanol–water partition coefficient (Wildman–Crippen LogP) is 2.53. The Hall–Kier alpha value is -1.45. The molecule has 0 spiro atoms. The molecule has 0 aliphatic heterocycles. The van der Waals surface area contributed by atoms with Crippen molar-refractivity contribution in [1.29, 1.82) is 0 Å². The molecule has 0 amide bonds. The maximum Gasteiger partial charge on any atom is 0.255 e. The van der Waals surface area contributed by atoms with E-state index < -0.39 is 11.8 Å². The highest BCUT2D eigenvalue weighted by Crippen LogP contribution is 2.48. The number of alkyl halides is 2. The van der Waals surface area contributed by atoms with Crippen LogP contribution < -0.4 is 4.74 Å². The van der Waals surface area contributed by atoms with Gasteiger partial charge in [0.2, 0.25) is 0 Å². The van der Waals surface area contributed by atoms with Crippen molar-refractivity contribution in [2.24, 2.45) is 5.92 Å². The lowest BCUT2D eigenvalue weighted by Gasteiger charge is -2.05. The molecular formula is C11H10F2O2. The molecule has 2 rings (SSSR count). The summed E-state index contributed by atoms with van der Waals surface area (Å²) < 4.78 is 30.2. The smallest absolute Gasteiger partial charge is 0.255 e. The van der Waals surface area contributed by atoms with Crippen LogP contribution in [-0.2, 0) is 0 Å². The van der Waals surface area contributed by atoms with Gasteiger partial charge in [-0.2, -0.15) is 0 Å². The van der Waals surface area contributed by atoms with E-state index in [4.69, 9.17) is 4.74 Å². The first-order valence-electron chi connectivity index (χ1n) is 4.68. The molecule has 1 aliphatic rings. The first kappa shape index (κ1) is 10.1. The molecule has 0 bridgehead atoms. The summed E-state index contributed by atoms with van der Waals surface area (Å²) in [7, 11) is 0. The summed E-state index contributed by atoms with van der Waals surface area (Å²) >= 11 is 0. The molecule has 1 saturated carbocycles. The second-order valence-electron chi connectivity index (χ2n) is 3.66. The summed E-state index contributed by atoms with van der Waals surface area (Å²) in [6.45, 7) is 0.00924. The van der Waals surface area contributed by atoms with Gasteiger partial charge in [0, 0.05) is 12.0 Å². The molecule has 0 aromatic heterocycles. The van der Waals surface area contributed by atoms with Gasteiger partial charge in [0.05, 0.1) is 12.5 Å². The maximum absolute atomic E-state index is 12.5. The SMILES string of the molecule is O=Cc1cccc(OCC2CC2(F)F)c1. The van der Waals surface area contributed by atoms with Crippen molar-refractivity contribution in [2.75, 3.05) is 6.61 Å². The third kappa shape index (κ3) is 2.32. The minimum atomic E-state index is -2.55. The Balaban J connectivity index is 1.91. The predicted molar refractivity (Wildman–Crippen MR) is 50.4 cm³/mol. The zero-order chi connectivity index (χ0) is 10.9. The second-order valence-corrected chi connectivity index (χ2v) is 3.66. The molecule has 0 radical (unpaired) electrons. The molecule has 1 aliphatic carbocycles. The van der Waals surface area contributed by atoms with Crippen LogP contribution in [0.1, 0.15) is 16.8 Å². The second kappa shape index (κ2) is 3.61. The molecule has 0 N–H and O–H groups in total. The minimum absolute atomic E-state index is 0.00924. The van der Waals surface area contributed by atoms with Crippen LogP contribution in [0.15, 0.2) is 24.3 Å². The number of rotatable bonds is 4. The van der Waals surface area contributed by atoms with E-state index in [1.807, 2.05) is 0 Å². The summed E-state index contributed by atoms with van der Waals surface area (Å²) in [5, 5.41) is 0. The van der Waals surface area contributed by atoms with Crippen molar-refractivity contribution < 1.29 is 18.3 Å². The van der Waals surface area contributed by atoms with E-state index in [0.717, 1.165) is 0 Å². The average Bonchev–Trinajstić information content (AvgIpc) is 2.84. The van der Waals surface area contributed by atoms with E-state index in [9.17, 15) is 13.6 Å². The van der Waals surface area contributed by atoms with Crippen LogP contribution in [-0.4, -0.2) is 18.8 Å². The van der Waals surface area contributed by atoms with Crippen molar-refractivity contribution in [1.82, 2.24) is 0 Å². The van der Waals surface area contributed by atoms with E-state index in [0.29, 0.717) is 17.6 Å². The summed E-state index contributed by atoms with van der Waals surface area (Å²) in [4.78, 5) is 10.4. The highest BCUT2D eigenvalue weighted by atomic mass is 19.3. The van der Waals surface area contributed by atoms with E-state index in [2.05, 4.69) is 0 Å². The number of halogens is 2. The number of carbonyl (C=O) groups excluding carboxylic acids is 1. The fraction of sp³-hybridized carbons (Fsp3) is 0.364. The molecule has 1 atom stereocenters. The van der Waals surface area contributed by atoms with Crippen LogP contribution in [0.2, 0.25) is 0 Å². The Morgan fingerprint density at radius 1 is 1.53 bits per heavy atom.